The number of amides is 2. The molecule has 2 aliphatic heterocycles. The molecule has 1 unspecified atom stereocenters. The van der Waals surface area contributed by atoms with E-state index in [2.05, 4.69) is 9.97 Å². The van der Waals surface area contributed by atoms with Gasteiger partial charge in [-0.15, -0.1) is 0 Å². The van der Waals surface area contributed by atoms with Crippen LogP contribution in [0.5, 0.6) is 0 Å². The van der Waals surface area contributed by atoms with Crippen LogP contribution >= 0.6 is 0 Å². The molecule has 4 heterocycles. The standard InChI is InChI=1S/C29H32N6O3/c36-25-18-24(23-11-14-30-20-31-23)32-28-34(25)16-13-29(35(28)26(37)17-21-7-3-1-4-8-21)12-15-33(19-29)27(38)22-9-5-2-6-10-22/h1,3-4,7-8,11,14,18,20,22H,2,5-6,9-10,12-13,15-17,19H2. The minimum Gasteiger partial charge on any atom is -0.340 e. The van der Waals surface area contributed by atoms with E-state index in [4.69, 9.17) is 4.98 Å². The highest BCUT2D eigenvalue weighted by Gasteiger charge is 2.51. The van der Waals surface area contributed by atoms with Gasteiger partial charge in [-0.3, -0.25) is 23.9 Å². The Kier molecular flexibility index (Phi) is 6.51. The Morgan fingerprint density at radius 3 is 2.53 bits per heavy atom. The molecule has 1 aromatic carbocycles. The number of hydrogen-bond acceptors (Lipinski definition) is 6. The molecule has 2 fully saturated rings. The fourth-order valence-electron chi connectivity index (χ4n) is 6.36. The monoisotopic (exact) mass is 512 g/mol. The third kappa shape index (κ3) is 4.50. The van der Waals surface area contributed by atoms with Crippen molar-refractivity contribution in [3.05, 3.63) is 70.9 Å². The van der Waals surface area contributed by atoms with Crippen molar-refractivity contribution in [1.82, 2.24) is 24.4 Å². The molecule has 0 radical (unpaired) electrons. The maximum Gasteiger partial charge on any atom is 0.255 e. The summed E-state index contributed by atoms with van der Waals surface area (Å²) in [6, 6.07) is 12.8. The predicted molar refractivity (Wildman–Crippen MR) is 142 cm³/mol. The van der Waals surface area contributed by atoms with Gasteiger partial charge in [0.05, 0.1) is 23.3 Å². The third-order valence-corrected chi connectivity index (χ3v) is 8.35. The summed E-state index contributed by atoms with van der Waals surface area (Å²) in [5.74, 6) is 0.504. The highest BCUT2D eigenvalue weighted by atomic mass is 16.2. The number of benzene rings is 1. The van der Waals surface area contributed by atoms with E-state index in [9.17, 15) is 14.4 Å². The SMILES string of the molecule is O=C(C1CCCCC1)N1CCC2(CCn3c(nc(-c4ccncn4)cc3=O)N2C(=O)Cc2ccccc2)C1. The first-order chi connectivity index (χ1) is 18.5. The summed E-state index contributed by atoms with van der Waals surface area (Å²) >= 11 is 0. The summed E-state index contributed by atoms with van der Waals surface area (Å²) < 4.78 is 1.59. The van der Waals surface area contributed by atoms with Gasteiger partial charge in [0.25, 0.3) is 5.56 Å². The first-order valence-corrected chi connectivity index (χ1v) is 13.6. The van der Waals surface area contributed by atoms with E-state index < -0.39 is 5.54 Å². The Balaban J connectivity index is 1.39. The second-order valence-corrected chi connectivity index (χ2v) is 10.7. The highest BCUT2D eigenvalue weighted by Crippen LogP contribution is 2.40. The number of hydrogen-bond donors (Lipinski definition) is 0. The molecule has 2 amide bonds. The zero-order chi connectivity index (χ0) is 26.1. The summed E-state index contributed by atoms with van der Waals surface area (Å²) in [6.07, 6.45) is 9.76. The van der Waals surface area contributed by atoms with E-state index in [1.807, 2.05) is 35.2 Å². The maximum absolute atomic E-state index is 14.1. The quantitative estimate of drug-likeness (QED) is 0.532. The molecule has 0 N–H and O–H groups in total. The van der Waals surface area contributed by atoms with Gasteiger partial charge in [-0.2, -0.15) is 0 Å². The minimum absolute atomic E-state index is 0.0772. The molecular weight excluding hydrogens is 480 g/mol. The molecule has 9 nitrogen and oxygen atoms in total. The lowest BCUT2D eigenvalue weighted by Crippen LogP contribution is -2.60. The van der Waals surface area contributed by atoms with E-state index in [1.54, 1.807) is 21.7 Å². The zero-order valence-electron chi connectivity index (χ0n) is 21.5. The number of carbonyl (C=O) groups excluding carboxylic acids is 2. The lowest BCUT2D eigenvalue weighted by molar-refractivity contribution is -0.136. The molecular formula is C29H32N6O3. The molecule has 3 aromatic rings. The van der Waals surface area contributed by atoms with Gasteiger partial charge in [-0.25, -0.2) is 15.0 Å². The van der Waals surface area contributed by atoms with Crippen molar-refractivity contribution in [2.75, 3.05) is 18.0 Å². The number of carbonyl (C=O) groups is 2. The summed E-state index contributed by atoms with van der Waals surface area (Å²) in [7, 11) is 0. The van der Waals surface area contributed by atoms with Gasteiger partial charge in [0.1, 0.15) is 6.33 Å². The highest BCUT2D eigenvalue weighted by molar-refractivity contribution is 5.95. The molecule has 0 bridgehead atoms. The molecule has 9 heteroatoms. The molecule has 6 rings (SSSR count). The molecule has 1 saturated heterocycles. The number of rotatable bonds is 4. The molecule has 1 saturated carbocycles. The van der Waals surface area contributed by atoms with Crippen molar-refractivity contribution >= 4 is 17.8 Å². The van der Waals surface area contributed by atoms with Crippen LogP contribution in [0.15, 0.2) is 59.8 Å². The largest absolute Gasteiger partial charge is 0.340 e. The van der Waals surface area contributed by atoms with Crippen LogP contribution in [0.3, 0.4) is 0 Å². The van der Waals surface area contributed by atoms with Crippen molar-refractivity contribution in [3.63, 3.8) is 0 Å². The van der Waals surface area contributed by atoms with E-state index >= 15 is 0 Å². The van der Waals surface area contributed by atoms with Gasteiger partial charge >= 0.3 is 0 Å². The van der Waals surface area contributed by atoms with E-state index in [1.165, 1.54) is 18.8 Å². The second kappa shape index (κ2) is 10.1. The topological polar surface area (TPSA) is 101 Å². The zero-order valence-corrected chi connectivity index (χ0v) is 21.5. The number of fused-ring (bicyclic) bond motifs is 1. The van der Waals surface area contributed by atoms with Crippen LogP contribution in [0.1, 0.15) is 50.5 Å². The van der Waals surface area contributed by atoms with Crippen LogP contribution in [0.4, 0.5) is 5.95 Å². The molecule has 38 heavy (non-hydrogen) atoms. The molecule has 1 atom stereocenters. The van der Waals surface area contributed by atoms with Crippen LogP contribution in [-0.4, -0.2) is 54.9 Å². The van der Waals surface area contributed by atoms with Crippen molar-refractivity contribution in [1.29, 1.82) is 0 Å². The van der Waals surface area contributed by atoms with Gasteiger partial charge in [0.15, 0.2) is 0 Å². The summed E-state index contributed by atoms with van der Waals surface area (Å²) in [5.41, 5.74) is 1.01. The third-order valence-electron chi connectivity index (χ3n) is 8.35. The summed E-state index contributed by atoms with van der Waals surface area (Å²) in [4.78, 5) is 57.6. The van der Waals surface area contributed by atoms with Gasteiger partial charge in [-0.05, 0) is 37.3 Å². The Bertz CT molecular complexity index is 1390. The fourth-order valence-corrected chi connectivity index (χ4v) is 6.36. The average molecular weight is 513 g/mol. The first-order valence-electron chi connectivity index (χ1n) is 13.6. The average Bonchev–Trinajstić information content (AvgIpc) is 3.37. The minimum atomic E-state index is -0.597. The number of nitrogens with zero attached hydrogens (tertiary/aromatic N) is 6. The van der Waals surface area contributed by atoms with Crippen LogP contribution < -0.4 is 10.5 Å². The van der Waals surface area contributed by atoms with Crippen LogP contribution in [-0.2, 0) is 22.6 Å². The Hall–Kier alpha value is -3.88. The number of aromatic nitrogens is 4. The lowest BCUT2D eigenvalue weighted by atomic mass is 9.87. The smallest absolute Gasteiger partial charge is 0.255 e. The number of likely N-dealkylation sites (tertiary alicyclic amines) is 1. The first kappa shape index (κ1) is 24.5. The van der Waals surface area contributed by atoms with Crippen molar-refractivity contribution in [3.8, 4) is 11.4 Å². The van der Waals surface area contributed by atoms with Crippen LogP contribution in [0.2, 0.25) is 0 Å². The van der Waals surface area contributed by atoms with Crippen LogP contribution in [0.25, 0.3) is 11.4 Å². The van der Waals surface area contributed by atoms with Crippen molar-refractivity contribution in [2.45, 2.75) is 63.5 Å². The maximum atomic E-state index is 14.1. The van der Waals surface area contributed by atoms with Gasteiger partial charge in [0, 0.05) is 37.8 Å². The van der Waals surface area contributed by atoms with Crippen LogP contribution in [0, 0.1) is 5.92 Å². The van der Waals surface area contributed by atoms with E-state index in [0.29, 0.717) is 49.8 Å². The Morgan fingerprint density at radius 1 is 0.974 bits per heavy atom. The fraction of sp³-hybridized carbons (Fsp3) is 0.448. The number of anilines is 1. The van der Waals surface area contributed by atoms with E-state index in [0.717, 1.165) is 31.2 Å². The van der Waals surface area contributed by atoms with Crippen molar-refractivity contribution in [2.24, 2.45) is 5.92 Å². The normalized spacial score (nSPS) is 21.5. The van der Waals surface area contributed by atoms with Gasteiger partial charge in [0.2, 0.25) is 17.8 Å². The predicted octanol–water partition coefficient (Wildman–Crippen LogP) is 3.23. The second-order valence-electron chi connectivity index (χ2n) is 10.7. The molecule has 196 valence electrons. The molecule has 2 aromatic heterocycles. The van der Waals surface area contributed by atoms with Gasteiger partial charge < -0.3 is 4.90 Å². The van der Waals surface area contributed by atoms with Crippen molar-refractivity contribution < 1.29 is 9.59 Å². The van der Waals surface area contributed by atoms with Gasteiger partial charge in [-0.1, -0.05) is 49.6 Å². The Morgan fingerprint density at radius 2 is 1.76 bits per heavy atom. The molecule has 1 spiro atoms. The lowest BCUT2D eigenvalue weighted by Gasteiger charge is -2.45. The molecule has 1 aliphatic carbocycles. The summed E-state index contributed by atoms with van der Waals surface area (Å²) in [6.45, 7) is 1.53. The van der Waals surface area contributed by atoms with E-state index in [-0.39, 0.29) is 29.7 Å². The Labute approximate surface area is 221 Å². The molecule has 3 aliphatic rings. The summed E-state index contributed by atoms with van der Waals surface area (Å²) in [5, 5.41) is 0.